The maximum Gasteiger partial charge on any atom is 0.126 e. The van der Waals surface area contributed by atoms with Gasteiger partial charge in [-0.1, -0.05) is 29.8 Å². The quantitative estimate of drug-likeness (QED) is 0.892. The average molecular weight is 262 g/mol. The van der Waals surface area contributed by atoms with E-state index >= 15 is 0 Å². The maximum atomic E-state index is 13.1. The van der Waals surface area contributed by atoms with Crippen LogP contribution in [0.1, 0.15) is 22.6 Å². The van der Waals surface area contributed by atoms with Crippen molar-refractivity contribution in [1.29, 1.82) is 0 Å². The largest absolute Gasteiger partial charge is 0.396 e. The van der Waals surface area contributed by atoms with E-state index in [4.69, 9.17) is 0 Å². The molecule has 0 amide bonds. The van der Waals surface area contributed by atoms with Crippen LogP contribution in [0.2, 0.25) is 0 Å². The van der Waals surface area contributed by atoms with Crippen LogP contribution in [0.4, 0.5) is 8.78 Å². The lowest BCUT2D eigenvalue weighted by atomic mass is 9.92. The third kappa shape index (κ3) is 3.61. The molecule has 0 aliphatic rings. The molecule has 1 N–H and O–H groups in total. The molecule has 1 atom stereocenters. The Hall–Kier alpha value is -1.74. The molecule has 19 heavy (non-hydrogen) atoms. The first kappa shape index (κ1) is 13.7. The molecule has 0 aliphatic heterocycles. The minimum Gasteiger partial charge on any atom is -0.396 e. The fraction of sp³-hybridized carbons (Fsp3) is 0.250. The number of aliphatic hydroxyl groups is 1. The van der Waals surface area contributed by atoms with Crippen LogP contribution in [0.3, 0.4) is 0 Å². The predicted molar refractivity (Wildman–Crippen MR) is 71.1 cm³/mol. The molecule has 0 spiro atoms. The summed E-state index contributed by atoms with van der Waals surface area (Å²) in [5.41, 5.74) is 2.66. The number of aryl methyl sites for hydroxylation is 1. The van der Waals surface area contributed by atoms with Crippen molar-refractivity contribution in [3.63, 3.8) is 0 Å². The van der Waals surface area contributed by atoms with E-state index in [0.29, 0.717) is 12.0 Å². The van der Waals surface area contributed by atoms with Gasteiger partial charge in [-0.25, -0.2) is 8.78 Å². The lowest BCUT2D eigenvalue weighted by Crippen LogP contribution is -2.08. The topological polar surface area (TPSA) is 20.2 Å². The van der Waals surface area contributed by atoms with Gasteiger partial charge in [0.1, 0.15) is 11.6 Å². The van der Waals surface area contributed by atoms with Crippen molar-refractivity contribution in [1.82, 2.24) is 0 Å². The third-order valence-corrected chi connectivity index (χ3v) is 3.17. The molecule has 0 fully saturated rings. The molecule has 100 valence electrons. The van der Waals surface area contributed by atoms with Gasteiger partial charge in [0.05, 0.1) is 6.61 Å². The first-order chi connectivity index (χ1) is 9.08. The van der Waals surface area contributed by atoms with Gasteiger partial charge in [-0.05, 0) is 36.6 Å². The van der Waals surface area contributed by atoms with Crippen molar-refractivity contribution in [2.45, 2.75) is 19.3 Å². The molecule has 1 unspecified atom stereocenters. The smallest absolute Gasteiger partial charge is 0.126 e. The highest BCUT2D eigenvalue weighted by atomic mass is 19.1. The molecule has 3 heteroatoms. The van der Waals surface area contributed by atoms with Crippen LogP contribution in [-0.4, -0.2) is 11.7 Å². The van der Waals surface area contributed by atoms with Gasteiger partial charge >= 0.3 is 0 Å². The lowest BCUT2D eigenvalue weighted by Gasteiger charge is -2.15. The molecule has 0 saturated heterocycles. The van der Waals surface area contributed by atoms with Crippen LogP contribution in [0, 0.1) is 18.6 Å². The number of halogens is 2. The van der Waals surface area contributed by atoms with Gasteiger partial charge in [0.2, 0.25) is 0 Å². The van der Waals surface area contributed by atoms with Crippen molar-refractivity contribution in [2.75, 3.05) is 6.61 Å². The van der Waals surface area contributed by atoms with E-state index < -0.39 is 11.6 Å². The Labute approximate surface area is 111 Å². The van der Waals surface area contributed by atoms with Crippen molar-refractivity contribution in [2.24, 2.45) is 0 Å². The maximum absolute atomic E-state index is 13.1. The van der Waals surface area contributed by atoms with E-state index in [0.717, 1.165) is 17.2 Å². The van der Waals surface area contributed by atoms with Gasteiger partial charge in [0, 0.05) is 12.0 Å². The highest BCUT2D eigenvalue weighted by molar-refractivity contribution is 5.27. The zero-order valence-electron chi connectivity index (χ0n) is 10.7. The van der Waals surface area contributed by atoms with Crippen LogP contribution < -0.4 is 0 Å². The average Bonchev–Trinajstić information content (AvgIpc) is 2.36. The summed E-state index contributed by atoms with van der Waals surface area (Å²) < 4.78 is 26.3. The molecule has 2 aromatic carbocycles. The van der Waals surface area contributed by atoms with Gasteiger partial charge in [0.15, 0.2) is 0 Å². The molecule has 0 radical (unpaired) electrons. The number of hydrogen-bond acceptors (Lipinski definition) is 1. The number of benzene rings is 2. The summed E-state index contributed by atoms with van der Waals surface area (Å²) in [4.78, 5) is 0. The second-order valence-electron chi connectivity index (χ2n) is 4.77. The van der Waals surface area contributed by atoms with Crippen LogP contribution in [0.25, 0.3) is 0 Å². The van der Waals surface area contributed by atoms with E-state index in [1.807, 2.05) is 31.2 Å². The summed E-state index contributed by atoms with van der Waals surface area (Å²) in [5.74, 6) is -1.33. The number of rotatable bonds is 4. The third-order valence-electron chi connectivity index (χ3n) is 3.17. The highest BCUT2D eigenvalue weighted by Gasteiger charge is 2.12. The standard InChI is InChI=1S/C16H16F2O/c1-11-2-4-13(5-3-11)14(10-19)6-12-7-15(17)9-16(18)8-12/h2-5,7-9,14,19H,6,10H2,1H3. The normalized spacial score (nSPS) is 12.4. The first-order valence-electron chi connectivity index (χ1n) is 6.21. The molecule has 0 bridgehead atoms. The second-order valence-corrected chi connectivity index (χ2v) is 4.77. The predicted octanol–water partition coefficient (Wildman–Crippen LogP) is 3.59. The summed E-state index contributed by atoms with van der Waals surface area (Å²) in [6.07, 6.45) is 0.411. The molecular formula is C16H16F2O. The van der Waals surface area contributed by atoms with E-state index in [2.05, 4.69) is 0 Å². The summed E-state index contributed by atoms with van der Waals surface area (Å²) in [7, 11) is 0. The van der Waals surface area contributed by atoms with Crippen molar-refractivity contribution in [3.05, 3.63) is 70.8 Å². The van der Waals surface area contributed by atoms with Gasteiger partial charge < -0.3 is 5.11 Å². The molecule has 0 saturated carbocycles. The second kappa shape index (κ2) is 5.93. The van der Waals surface area contributed by atoms with E-state index in [9.17, 15) is 13.9 Å². The van der Waals surface area contributed by atoms with Crippen molar-refractivity contribution in [3.8, 4) is 0 Å². The SMILES string of the molecule is Cc1ccc(C(CO)Cc2cc(F)cc(F)c2)cc1. The molecule has 0 aromatic heterocycles. The Morgan fingerprint density at radius 1 is 1.00 bits per heavy atom. The van der Waals surface area contributed by atoms with Crippen LogP contribution >= 0.6 is 0 Å². The molecule has 2 rings (SSSR count). The molecule has 0 heterocycles. The number of hydrogen-bond donors (Lipinski definition) is 1. The Morgan fingerprint density at radius 3 is 2.11 bits per heavy atom. The van der Waals surface area contributed by atoms with E-state index in [1.54, 1.807) is 0 Å². The molecular weight excluding hydrogens is 246 g/mol. The van der Waals surface area contributed by atoms with Crippen LogP contribution in [0.15, 0.2) is 42.5 Å². The van der Waals surface area contributed by atoms with Crippen molar-refractivity contribution < 1.29 is 13.9 Å². The Kier molecular flexibility index (Phi) is 4.27. The van der Waals surface area contributed by atoms with Gasteiger partial charge in [0.25, 0.3) is 0 Å². The molecule has 1 nitrogen and oxygen atoms in total. The van der Waals surface area contributed by atoms with E-state index in [-0.39, 0.29) is 12.5 Å². The van der Waals surface area contributed by atoms with Gasteiger partial charge in [-0.15, -0.1) is 0 Å². The fourth-order valence-electron chi connectivity index (χ4n) is 2.14. The monoisotopic (exact) mass is 262 g/mol. The Bertz CT molecular complexity index is 529. The van der Waals surface area contributed by atoms with Crippen LogP contribution in [-0.2, 0) is 6.42 Å². The minimum atomic E-state index is -0.587. The first-order valence-corrected chi connectivity index (χ1v) is 6.21. The van der Waals surface area contributed by atoms with E-state index in [1.165, 1.54) is 12.1 Å². The summed E-state index contributed by atoms with van der Waals surface area (Å²) in [6.45, 7) is 1.93. The number of aliphatic hydroxyl groups excluding tert-OH is 1. The molecule has 0 aliphatic carbocycles. The minimum absolute atomic E-state index is 0.0544. The zero-order valence-corrected chi connectivity index (χ0v) is 10.7. The van der Waals surface area contributed by atoms with Crippen LogP contribution in [0.5, 0.6) is 0 Å². The zero-order chi connectivity index (χ0) is 13.8. The van der Waals surface area contributed by atoms with Gasteiger partial charge in [-0.2, -0.15) is 0 Å². The molecule has 2 aromatic rings. The Balaban J connectivity index is 2.21. The fourth-order valence-corrected chi connectivity index (χ4v) is 2.14. The Morgan fingerprint density at radius 2 is 1.58 bits per heavy atom. The lowest BCUT2D eigenvalue weighted by molar-refractivity contribution is 0.264. The van der Waals surface area contributed by atoms with Crippen molar-refractivity contribution >= 4 is 0 Å². The summed E-state index contributed by atoms with van der Waals surface area (Å²) in [5, 5.41) is 9.46. The summed E-state index contributed by atoms with van der Waals surface area (Å²) >= 11 is 0. The summed E-state index contributed by atoms with van der Waals surface area (Å²) in [6, 6.07) is 11.3. The highest BCUT2D eigenvalue weighted by Crippen LogP contribution is 2.22. The van der Waals surface area contributed by atoms with Gasteiger partial charge in [-0.3, -0.25) is 0 Å².